The number of carbonyl (C=O) groups excluding carboxylic acids is 2. The molecule has 0 atom stereocenters. The van der Waals surface area contributed by atoms with Crippen molar-refractivity contribution in [2.45, 2.75) is 34.1 Å². The second-order valence-corrected chi connectivity index (χ2v) is 7.27. The van der Waals surface area contributed by atoms with E-state index >= 15 is 0 Å². The molecule has 1 aromatic carbocycles. The Morgan fingerprint density at radius 3 is 2.54 bits per heavy atom. The predicted octanol–water partition coefficient (Wildman–Crippen LogP) is 3.61. The van der Waals surface area contributed by atoms with E-state index in [0.29, 0.717) is 22.3 Å². The maximum Gasteiger partial charge on any atom is 0.350 e. The summed E-state index contributed by atoms with van der Waals surface area (Å²) in [6.07, 6.45) is 0.178. The Kier molecular flexibility index (Phi) is 5.89. The zero-order valence-corrected chi connectivity index (χ0v) is 17.1. The molecule has 0 fully saturated rings. The van der Waals surface area contributed by atoms with Crippen LogP contribution in [-0.2, 0) is 16.0 Å². The van der Waals surface area contributed by atoms with Gasteiger partial charge in [-0.05, 0) is 39.8 Å². The van der Waals surface area contributed by atoms with Crippen molar-refractivity contribution in [1.29, 1.82) is 0 Å². The predicted molar refractivity (Wildman–Crippen MR) is 108 cm³/mol. The first-order valence-electron chi connectivity index (χ1n) is 8.95. The molecule has 1 N–H and O–H groups in total. The Morgan fingerprint density at radius 1 is 1.14 bits per heavy atom. The van der Waals surface area contributed by atoms with Gasteiger partial charge in [0.25, 0.3) is 0 Å². The van der Waals surface area contributed by atoms with Gasteiger partial charge >= 0.3 is 5.97 Å². The van der Waals surface area contributed by atoms with Crippen LogP contribution >= 0.6 is 11.3 Å². The van der Waals surface area contributed by atoms with Gasteiger partial charge in [-0.25, -0.2) is 14.5 Å². The second-order valence-electron chi connectivity index (χ2n) is 6.28. The van der Waals surface area contributed by atoms with Crippen LogP contribution in [0.3, 0.4) is 0 Å². The van der Waals surface area contributed by atoms with E-state index in [1.165, 1.54) is 0 Å². The van der Waals surface area contributed by atoms with Gasteiger partial charge in [0.2, 0.25) is 5.91 Å². The summed E-state index contributed by atoms with van der Waals surface area (Å²) >= 11 is 1.12. The summed E-state index contributed by atoms with van der Waals surface area (Å²) < 4.78 is 6.84. The molecule has 0 spiro atoms. The van der Waals surface area contributed by atoms with E-state index < -0.39 is 5.97 Å². The largest absolute Gasteiger partial charge is 0.462 e. The number of anilines is 1. The van der Waals surface area contributed by atoms with Gasteiger partial charge in [-0.1, -0.05) is 29.5 Å². The first kappa shape index (κ1) is 19.8. The van der Waals surface area contributed by atoms with Gasteiger partial charge in [0, 0.05) is 11.3 Å². The molecule has 0 bridgehead atoms. The SMILES string of the molecule is CCOC(=O)c1sc(NC(=O)Cc2c(C)nn(-c3ccccc3)c2C)nc1C. The molecule has 7 nitrogen and oxygen atoms in total. The van der Waals surface area contributed by atoms with Gasteiger partial charge in [-0.3, -0.25) is 4.79 Å². The van der Waals surface area contributed by atoms with Gasteiger partial charge in [-0.15, -0.1) is 0 Å². The highest BCUT2D eigenvalue weighted by Gasteiger charge is 2.20. The zero-order valence-electron chi connectivity index (χ0n) is 16.3. The minimum atomic E-state index is -0.422. The molecule has 0 unspecified atom stereocenters. The maximum atomic E-state index is 12.6. The molecule has 2 aromatic heterocycles. The number of rotatable bonds is 6. The second kappa shape index (κ2) is 8.35. The van der Waals surface area contributed by atoms with Crippen molar-refractivity contribution >= 4 is 28.3 Å². The average Bonchev–Trinajstić information content (AvgIpc) is 3.16. The summed E-state index contributed by atoms with van der Waals surface area (Å²) in [5, 5.41) is 7.73. The first-order valence-corrected chi connectivity index (χ1v) is 9.77. The fourth-order valence-corrected chi connectivity index (χ4v) is 3.79. The Morgan fingerprint density at radius 2 is 1.86 bits per heavy atom. The monoisotopic (exact) mass is 398 g/mol. The average molecular weight is 398 g/mol. The lowest BCUT2D eigenvalue weighted by Gasteiger charge is -2.05. The van der Waals surface area contributed by atoms with Crippen molar-refractivity contribution in [3.63, 3.8) is 0 Å². The van der Waals surface area contributed by atoms with Crippen LogP contribution in [0.1, 0.15) is 39.2 Å². The molecular formula is C20H22N4O3S. The number of hydrogen-bond donors (Lipinski definition) is 1. The van der Waals surface area contributed by atoms with E-state index in [4.69, 9.17) is 4.74 Å². The number of thiazole rings is 1. The number of para-hydroxylation sites is 1. The number of aromatic nitrogens is 3. The van der Waals surface area contributed by atoms with Gasteiger partial charge in [-0.2, -0.15) is 5.10 Å². The summed E-state index contributed by atoms with van der Waals surface area (Å²) in [6, 6.07) is 9.79. The number of nitrogens with one attached hydrogen (secondary N) is 1. The number of benzene rings is 1. The minimum Gasteiger partial charge on any atom is -0.462 e. The lowest BCUT2D eigenvalue weighted by atomic mass is 10.1. The van der Waals surface area contributed by atoms with Gasteiger partial charge in [0.05, 0.1) is 30.1 Å². The maximum absolute atomic E-state index is 12.6. The van der Waals surface area contributed by atoms with E-state index in [0.717, 1.165) is 34.0 Å². The lowest BCUT2D eigenvalue weighted by molar-refractivity contribution is -0.115. The number of hydrogen-bond acceptors (Lipinski definition) is 6. The standard InChI is InChI=1S/C20H22N4O3S/c1-5-27-19(26)18-13(3)21-20(28-18)22-17(25)11-16-12(2)23-24(14(16)4)15-9-7-6-8-10-15/h6-10H,5,11H2,1-4H3,(H,21,22,25). The molecule has 0 aliphatic rings. The summed E-state index contributed by atoms with van der Waals surface area (Å²) in [5.74, 6) is -0.628. The fraction of sp³-hybridized carbons (Fsp3) is 0.300. The highest BCUT2D eigenvalue weighted by atomic mass is 32.1. The van der Waals surface area contributed by atoms with Crippen molar-refractivity contribution < 1.29 is 14.3 Å². The van der Waals surface area contributed by atoms with Crippen LogP contribution in [-0.4, -0.2) is 33.2 Å². The van der Waals surface area contributed by atoms with Gasteiger partial charge in [0.15, 0.2) is 5.13 Å². The number of esters is 1. The summed E-state index contributed by atoms with van der Waals surface area (Å²) in [5.41, 5.74) is 4.09. The van der Waals surface area contributed by atoms with Gasteiger partial charge in [0.1, 0.15) is 4.88 Å². The van der Waals surface area contributed by atoms with E-state index in [1.807, 2.05) is 48.9 Å². The Hall–Kier alpha value is -3.00. The molecule has 28 heavy (non-hydrogen) atoms. The molecule has 0 aliphatic heterocycles. The van der Waals surface area contributed by atoms with Crippen molar-refractivity contribution in [3.05, 3.63) is 57.9 Å². The molecule has 146 valence electrons. The van der Waals surface area contributed by atoms with Crippen LogP contribution in [0.4, 0.5) is 5.13 Å². The third-order valence-corrected chi connectivity index (χ3v) is 5.34. The Bertz CT molecular complexity index is 1010. The minimum absolute atomic E-state index is 0.178. The quantitative estimate of drug-likeness (QED) is 0.641. The molecule has 3 aromatic rings. The van der Waals surface area contributed by atoms with E-state index in [-0.39, 0.29) is 12.3 Å². The van der Waals surface area contributed by atoms with E-state index in [2.05, 4.69) is 15.4 Å². The molecule has 0 radical (unpaired) electrons. The molecule has 0 aliphatic carbocycles. The normalized spacial score (nSPS) is 10.7. The van der Waals surface area contributed by atoms with E-state index in [9.17, 15) is 9.59 Å². The van der Waals surface area contributed by atoms with Crippen LogP contribution in [0.25, 0.3) is 5.69 Å². The third kappa shape index (κ3) is 4.12. The van der Waals surface area contributed by atoms with Crippen LogP contribution in [0, 0.1) is 20.8 Å². The first-order chi connectivity index (χ1) is 13.4. The number of carbonyl (C=O) groups is 2. The van der Waals surface area contributed by atoms with Crippen molar-refractivity contribution in [3.8, 4) is 5.69 Å². The smallest absolute Gasteiger partial charge is 0.350 e. The Balaban J connectivity index is 1.75. The zero-order chi connectivity index (χ0) is 20.3. The van der Waals surface area contributed by atoms with Crippen molar-refractivity contribution in [2.24, 2.45) is 0 Å². The highest BCUT2D eigenvalue weighted by molar-refractivity contribution is 7.17. The molecular weight excluding hydrogens is 376 g/mol. The third-order valence-electron chi connectivity index (χ3n) is 4.28. The van der Waals surface area contributed by atoms with E-state index in [1.54, 1.807) is 13.8 Å². The van der Waals surface area contributed by atoms with Crippen LogP contribution < -0.4 is 5.32 Å². The molecule has 0 saturated heterocycles. The molecule has 3 rings (SSSR count). The van der Waals surface area contributed by atoms with Crippen molar-refractivity contribution in [2.75, 3.05) is 11.9 Å². The topological polar surface area (TPSA) is 86.1 Å². The molecule has 0 saturated carbocycles. The van der Waals surface area contributed by atoms with Crippen LogP contribution in [0.15, 0.2) is 30.3 Å². The molecule has 1 amide bonds. The lowest BCUT2D eigenvalue weighted by Crippen LogP contribution is -2.15. The number of nitrogens with zero attached hydrogens (tertiary/aromatic N) is 3. The van der Waals surface area contributed by atoms with Gasteiger partial charge < -0.3 is 10.1 Å². The fourth-order valence-electron chi connectivity index (χ4n) is 2.91. The molecule has 2 heterocycles. The van der Waals surface area contributed by atoms with Crippen LogP contribution in [0.5, 0.6) is 0 Å². The summed E-state index contributed by atoms with van der Waals surface area (Å²) in [6.45, 7) is 7.60. The Labute approximate surface area is 167 Å². The van der Waals surface area contributed by atoms with Crippen LogP contribution in [0.2, 0.25) is 0 Å². The molecule has 8 heteroatoms. The highest BCUT2D eigenvalue weighted by Crippen LogP contribution is 2.24. The number of ether oxygens (including phenoxy) is 1. The van der Waals surface area contributed by atoms with Crippen molar-refractivity contribution in [1.82, 2.24) is 14.8 Å². The number of amides is 1. The summed E-state index contributed by atoms with van der Waals surface area (Å²) in [7, 11) is 0. The summed E-state index contributed by atoms with van der Waals surface area (Å²) in [4.78, 5) is 29.1. The number of aryl methyl sites for hydroxylation is 2.